The molecule has 0 unspecified atom stereocenters. The van der Waals surface area contributed by atoms with Crippen LogP contribution >= 0.6 is 23.2 Å². The summed E-state index contributed by atoms with van der Waals surface area (Å²) < 4.78 is 13.1. The zero-order chi connectivity index (χ0) is 17.7. The number of benzene rings is 2. The number of carbonyl (C=O) groups excluding carboxylic acids is 2. The van der Waals surface area contributed by atoms with E-state index in [1.807, 2.05) is 0 Å². The van der Waals surface area contributed by atoms with E-state index < -0.39 is 5.82 Å². The van der Waals surface area contributed by atoms with E-state index in [1.54, 1.807) is 24.3 Å². The Bertz CT molecular complexity index is 768. The summed E-state index contributed by atoms with van der Waals surface area (Å²) in [5, 5.41) is 3.04. The van der Waals surface area contributed by atoms with Crippen molar-refractivity contribution in [2.24, 2.45) is 0 Å². The fourth-order valence-corrected chi connectivity index (χ4v) is 2.49. The number of hydrogen-bond donors (Lipinski definition) is 1. The largest absolute Gasteiger partial charge is 0.326 e. The molecule has 0 aliphatic rings. The van der Waals surface area contributed by atoms with Crippen LogP contribution in [0.4, 0.5) is 15.8 Å². The third kappa shape index (κ3) is 4.94. The van der Waals surface area contributed by atoms with Crippen LogP contribution in [0.5, 0.6) is 0 Å². The second kappa shape index (κ2) is 8.13. The number of carbonyl (C=O) groups is 2. The molecule has 0 spiro atoms. The summed E-state index contributed by atoms with van der Waals surface area (Å²) in [4.78, 5) is 25.3. The van der Waals surface area contributed by atoms with E-state index in [9.17, 15) is 14.0 Å². The summed E-state index contributed by atoms with van der Waals surface area (Å²) in [6.07, 6.45) is 0.0705. The van der Waals surface area contributed by atoms with Gasteiger partial charge in [0.15, 0.2) is 0 Å². The second-order valence-corrected chi connectivity index (χ2v) is 5.92. The van der Waals surface area contributed by atoms with Crippen LogP contribution in [0.3, 0.4) is 0 Å². The molecule has 126 valence electrons. The number of rotatable bonds is 5. The monoisotopic (exact) mass is 368 g/mol. The predicted octanol–water partition coefficient (Wildman–Crippen LogP) is 4.51. The molecule has 0 atom stereocenters. The molecule has 0 aromatic heterocycles. The van der Waals surface area contributed by atoms with E-state index in [2.05, 4.69) is 5.32 Å². The maximum atomic E-state index is 13.1. The maximum absolute atomic E-state index is 13.1. The molecule has 0 aliphatic heterocycles. The summed E-state index contributed by atoms with van der Waals surface area (Å²) >= 11 is 11.6. The maximum Gasteiger partial charge on any atom is 0.226 e. The van der Waals surface area contributed by atoms with Crippen LogP contribution in [-0.2, 0) is 9.59 Å². The number of nitrogens with zero attached hydrogens (tertiary/aromatic N) is 1. The highest BCUT2D eigenvalue weighted by Crippen LogP contribution is 2.21. The smallest absolute Gasteiger partial charge is 0.226 e. The fraction of sp³-hybridized carbons (Fsp3) is 0.176. The van der Waals surface area contributed by atoms with Crippen molar-refractivity contribution in [2.45, 2.75) is 13.3 Å². The van der Waals surface area contributed by atoms with Gasteiger partial charge in [-0.25, -0.2) is 4.39 Å². The SMILES string of the molecule is CC(=O)N(CCC(=O)Nc1ccc(F)c(Cl)c1)c1cccc(Cl)c1. The van der Waals surface area contributed by atoms with Crippen LogP contribution in [0, 0.1) is 5.82 Å². The Morgan fingerprint density at radius 1 is 1.17 bits per heavy atom. The van der Waals surface area contributed by atoms with Crippen molar-refractivity contribution in [1.29, 1.82) is 0 Å². The molecule has 0 saturated heterocycles. The van der Waals surface area contributed by atoms with Crippen molar-refractivity contribution in [1.82, 2.24) is 0 Å². The van der Waals surface area contributed by atoms with Gasteiger partial charge in [0, 0.05) is 36.3 Å². The Morgan fingerprint density at radius 2 is 1.92 bits per heavy atom. The first-order valence-corrected chi connectivity index (χ1v) is 7.91. The van der Waals surface area contributed by atoms with Gasteiger partial charge >= 0.3 is 0 Å². The lowest BCUT2D eigenvalue weighted by molar-refractivity contribution is -0.117. The Morgan fingerprint density at radius 3 is 2.54 bits per heavy atom. The fourth-order valence-electron chi connectivity index (χ4n) is 2.12. The van der Waals surface area contributed by atoms with Gasteiger partial charge in [-0.1, -0.05) is 29.3 Å². The summed E-state index contributed by atoms with van der Waals surface area (Å²) in [5.41, 5.74) is 1.01. The van der Waals surface area contributed by atoms with Gasteiger partial charge in [-0.05, 0) is 36.4 Å². The van der Waals surface area contributed by atoms with Gasteiger partial charge in [0.05, 0.1) is 5.02 Å². The van der Waals surface area contributed by atoms with Crippen molar-refractivity contribution >= 4 is 46.4 Å². The Hall–Kier alpha value is -2.11. The summed E-state index contributed by atoms with van der Waals surface area (Å²) in [6.45, 7) is 1.61. The van der Waals surface area contributed by atoms with Gasteiger partial charge in [0.1, 0.15) is 5.82 Å². The average Bonchev–Trinajstić information content (AvgIpc) is 2.51. The van der Waals surface area contributed by atoms with Crippen LogP contribution < -0.4 is 10.2 Å². The molecule has 0 radical (unpaired) electrons. The normalized spacial score (nSPS) is 10.3. The standard InChI is InChI=1S/C17H15Cl2FN2O2/c1-11(23)22(14-4-2-3-12(18)9-14)8-7-17(24)21-13-5-6-16(20)15(19)10-13/h2-6,9-10H,7-8H2,1H3,(H,21,24). The minimum Gasteiger partial charge on any atom is -0.326 e. The van der Waals surface area contributed by atoms with Gasteiger partial charge in [0.2, 0.25) is 11.8 Å². The third-order valence-corrected chi connectivity index (χ3v) is 3.79. The number of hydrogen-bond acceptors (Lipinski definition) is 2. The molecule has 0 aliphatic carbocycles. The molecule has 0 saturated carbocycles. The van der Waals surface area contributed by atoms with E-state index in [0.29, 0.717) is 16.4 Å². The molecule has 2 aromatic carbocycles. The minimum absolute atomic E-state index is 0.0705. The minimum atomic E-state index is -0.557. The molecular weight excluding hydrogens is 354 g/mol. The van der Waals surface area contributed by atoms with Gasteiger partial charge in [-0.15, -0.1) is 0 Å². The van der Waals surface area contributed by atoms with E-state index in [4.69, 9.17) is 23.2 Å². The molecule has 0 heterocycles. The molecule has 7 heteroatoms. The third-order valence-electron chi connectivity index (χ3n) is 3.27. The van der Waals surface area contributed by atoms with Crippen LogP contribution in [0.2, 0.25) is 10.0 Å². The van der Waals surface area contributed by atoms with Gasteiger partial charge in [-0.2, -0.15) is 0 Å². The molecule has 2 aromatic rings. The van der Waals surface area contributed by atoms with Crippen molar-refractivity contribution in [3.05, 3.63) is 58.3 Å². The Kier molecular flexibility index (Phi) is 6.17. The average molecular weight is 369 g/mol. The number of nitrogens with one attached hydrogen (secondary N) is 1. The number of amides is 2. The van der Waals surface area contributed by atoms with E-state index in [1.165, 1.54) is 30.0 Å². The molecule has 2 amide bonds. The molecule has 0 fully saturated rings. The van der Waals surface area contributed by atoms with Crippen LogP contribution in [0.15, 0.2) is 42.5 Å². The predicted molar refractivity (Wildman–Crippen MR) is 94.1 cm³/mol. The van der Waals surface area contributed by atoms with E-state index in [0.717, 1.165) is 0 Å². The molecule has 24 heavy (non-hydrogen) atoms. The van der Waals surface area contributed by atoms with Gasteiger partial charge < -0.3 is 10.2 Å². The molecule has 1 N–H and O–H groups in total. The second-order valence-electron chi connectivity index (χ2n) is 5.08. The molecule has 0 bridgehead atoms. The van der Waals surface area contributed by atoms with Crippen LogP contribution in [-0.4, -0.2) is 18.4 Å². The van der Waals surface area contributed by atoms with Crippen molar-refractivity contribution in [3.8, 4) is 0 Å². The summed E-state index contributed by atoms with van der Waals surface area (Å²) in [5.74, 6) is -1.07. The lowest BCUT2D eigenvalue weighted by Crippen LogP contribution is -2.31. The number of anilines is 2. The molecular formula is C17H15Cl2FN2O2. The summed E-state index contributed by atoms with van der Waals surface area (Å²) in [7, 11) is 0. The Balaban J connectivity index is 2.00. The van der Waals surface area contributed by atoms with Gasteiger partial charge in [-0.3, -0.25) is 9.59 Å². The first-order chi connectivity index (χ1) is 11.4. The van der Waals surface area contributed by atoms with Crippen molar-refractivity contribution < 1.29 is 14.0 Å². The topological polar surface area (TPSA) is 49.4 Å². The number of halogens is 3. The van der Waals surface area contributed by atoms with Crippen LogP contribution in [0.25, 0.3) is 0 Å². The highest BCUT2D eigenvalue weighted by molar-refractivity contribution is 6.31. The Labute approximate surface area is 149 Å². The summed E-state index contributed by atoms with van der Waals surface area (Å²) in [6, 6.07) is 10.7. The lowest BCUT2D eigenvalue weighted by Gasteiger charge is -2.21. The van der Waals surface area contributed by atoms with Gasteiger partial charge in [0.25, 0.3) is 0 Å². The lowest BCUT2D eigenvalue weighted by atomic mass is 10.2. The van der Waals surface area contributed by atoms with E-state index in [-0.39, 0.29) is 29.8 Å². The first-order valence-electron chi connectivity index (χ1n) is 7.15. The van der Waals surface area contributed by atoms with Crippen molar-refractivity contribution in [3.63, 3.8) is 0 Å². The molecule has 4 nitrogen and oxygen atoms in total. The first kappa shape index (κ1) is 18.2. The zero-order valence-electron chi connectivity index (χ0n) is 12.9. The van der Waals surface area contributed by atoms with Crippen LogP contribution in [0.1, 0.15) is 13.3 Å². The highest BCUT2D eigenvalue weighted by Gasteiger charge is 2.14. The quantitative estimate of drug-likeness (QED) is 0.843. The highest BCUT2D eigenvalue weighted by atomic mass is 35.5. The van der Waals surface area contributed by atoms with Crippen molar-refractivity contribution in [2.75, 3.05) is 16.8 Å². The molecule has 2 rings (SSSR count). The zero-order valence-corrected chi connectivity index (χ0v) is 14.4. The van der Waals surface area contributed by atoms with E-state index >= 15 is 0 Å².